The molecule has 1 N–H and O–H groups in total. The Balaban J connectivity index is 1.77. The lowest BCUT2D eigenvalue weighted by molar-refractivity contribution is 0.394. The van der Waals surface area contributed by atoms with Crippen LogP contribution in [0.4, 0.5) is 0 Å². The number of nitrogens with zero attached hydrogens (tertiary/aromatic N) is 3. The number of methoxy groups -OCH3 is 3. The second-order valence-corrected chi connectivity index (χ2v) is 6.01. The molecule has 0 aliphatic heterocycles. The Labute approximate surface area is 160 Å². The van der Waals surface area contributed by atoms with Gasteiger partial charge in [-0.15, -0.1) is 0 Å². The third-order valence-corrected chi connectivity index (χ3v) is 4.46. The van der Waals surface area contributed by atoms with Crippen LogP contribution < -0.4 is 19.8 Å². The van der Waals surface area contributed by atoms with Crippen molar-refractivity contribution < 1.29 is 14.2 Å². The third kappa shape index (κ3) is 2.94. The van der Waals surface area contributed by atoms with Gasteiger partial charge in [-0.25, -0.2) is 4.98 Å². The number of hydrogen-bond donors (Lipinski definition) is 1. The molecule has 0 radical (unpaired) electrons. The molecule has 0 spiro atoms. The van der Waals surface area contributed by atoms with Crippen molar-refractivity contribution in [1.29, 1.82) is 0 Å². The van der Waals surface area contributed by atoms with Gasteiger partial charge >= 0.3 is 0 Å². The molecule has 2 heterocycles. The van der Waals surface area contributed by atoms with Gasteiger partial charge in [0.05, 0.1) is 33.1 Å². The Morgan fingerprint density at radius 2 is 1.79 bits per heavy atom. The number of nitrogens with one attached hydrogen (secondary N) is 1. The first-order valence-electron chi connectivity index (χ1n) is 8.48. The molecule has 8 heteroatoms. The van der Waals surface area contributed by atoms with Crippen LogP contribution in [0.5, 0.6) is 17.2 Å². The standard InChI is InChI=1S/C20H18N4O4/c1-26-13-6-7-15-16(8-13)23-19-18(15)21-11-24(20(19)25)22-10-12-4-5-14(27-2)9-17(12)28-3/h4-11,23H,1-3H3/b22-10-. The normalized spacial score (nSPS) is 11.4. The van der Waals surface area contributed by atoms with E-state index in [9.17, 15) is 4.79 Å². The fourth-order valence-electron chi connectivity index (χ4n) is 2.99. The number of aromatic amines is 1. The van der Waals surface area contributed by atoms with E-state index < -0.39 is 0 Å². The van der Waals surface area contributed by atoms with Crippen molar-refractivity contribution in [3.63, 3.8) is 0 Å². The second-order valence-electron chi connectivity index (χ2n) is 6.01. The van der Waals surface area contributed by atoms with Gasteiger partial charge < -0.3 is 19.2 Å². The summed E-state index contributed by atoms with van der Waals surface area (Å²) < 4.78 is 16.9. The fourth-order valence-corrected chi connectivity index (χ4v) is 2.99. The molecule has 2 aromatic heterocycles. The molecule has 2 aromatic carbocycles. The molecule has 0 saturated carbocycles. The Kier molecular flexibility index (Phi) is 4.44. The minimum absolute atomic E-state index is 0.302. The molecule has 0 unspecified atom stereocenters. The highest BCUT2D eigenvalue weighted by molar-refractivity contribution is 6.04. The number of rotatable bonds is 5. The lowest BCUT2D eigenvalue weighted by Gasteiger charge is -2.06. The molecule has 0 fully saturated rings. The quantitative estimate of drug-likeness (QED) is 0.539. The molecule has 0 saturated heterocycles. The fraction of sp³-hybridized carbons (Fsp3) is 0.150. The number of H-pyrrole nitrogens is 1. The van der Waals surface area contributed by atoms with E-state index >= 15 is 0 Å². The highest BCUT2D eigenvalue weighted by atomic mass is 16.5. The van der Waals surface area contributed by atoms with Crippen molar-refractivity contribution >= 4 is 28.2 Å². The van der Waals surface area contributed by atoms with Crippen molar-refractivity contribution in [1.82, 2.24) is 14.6 Å². The predicted octanol–water partition coefficient (Wildman–Crippen LogP) is 2.79. The first kappa shape index (κ1) is 17.6. The van der Waals surface area contributed by atoms with Gasteiger partial charge in [-0.3, -0.25) is 4.79 Å². The number of aromatic nitrogens is 3. The van der Waals surface area contributed by atoms with Gasteiger partial charge in [0.25, 0.3) is 5.56 Å². The first-order chi connectivity index (χ1) is 13.6. The summed E-state index contributed by atoms with van der Waals surface area (Å²) in [5.41, 5.74) is 2.15. The second kappa shape index (κ2) is 7.07. The van der Waals surface area contributed by atoms with E-state index in [1.54, 1.807) is 45.7 Å². The zero-order valence-electron chi connectivity index (χ0n) is 15.6. The summed E-state index contributed by atoms with van der Waals surface area (Å²) in [4.78, 5) is 20.3. The molecular formula is C20H18N4O4. The predicted molar refractivity (Wildman–Crippen MR) is 107 cm³/mol. The Bertz CT molecular complexity index is 1260. The monoisotopic (exact) mass is 378 g/mol. The molecule has 0 aliphatic carbocycles. The number of benzene rings is 2. The summed E-state index contributed by atoms with van der Waals surface area (Å²) in [6.45, 7) is 0. The van der Waals surface area contributed by atoms with Crippen LogP contribution in [-0.4, -0.2) is 42.2 Å². The van der Waals surface area contributed by atoms with E-state index in [1.165, 1.54) is 11.0 Å². The third-order valence-electron chi connectivity index (χ3n) is 4.46. The van der Waals surface area contributed by atoms with Crippen molar-refractivity contribution in [2.45, 2.75) is 0 Å². The van der Waals surface area contributed by atoms with Crippen LogP contribution >= 0.6 is 0 Å². The van der Waals surface area contributed by atoms with Gasteiger partial charge in [-0.2, -0.15) is 9.78 Å². The maximum atomic E-state index is 12.8. The molecule has 28 heavy (non-hydrogen) atoms. The zero-order chi connectivity index (χ0) is 19.7. The molecule has 0 aliphatic rings. The Hall–Kier alpha value is -3.81. The van der Waals surface area contributed by atoms with Crippen molar-refractivity contribution in [2.24, 2.45) is 5.10 Å². The molecule has 4 aromatic rings. The van der Waals surface area contributed by atoms with E-state index in [-0.39, 0.29) is 5.56 Å². The van der Waals surface area contributed by atoms with E-state index in [0.29, 0.717) is 33.8 Å². The highest BCUT2D eigenvalue weighted by Crippen LogP contribution is 2.25. The number of hydrogen-bond acceptors (Lipinski definition) is 6. The minimum atomic E-state index is -0.302. The molecule has 4 rings (SSSR count). The summed E-state index contributed by atoms with van der Waals surface area (Å²) in [6.07, 6.45) is 2.94. The molecule has 0 atom stereocenters. The van der Waals surface area contributed by atoms with Crippen molar-refractivity contribution in [3.8, 4) is 17.2 Å². The first-order valence-corrected chi connectivity index (χ1v) is 8.48. The largest absolute Gasteiger partial charge is 0.497 e. The van der Waals surface area contributed by atoms with Crippen LogP contribution in [0.1, 0.15) is 5.56 Å². The van der Waals surface area contributed by atoms with Crippen LogP contribution in [0.3, 0.4) is 0 Å². The average molecular weight is 378 g/mol. The number of ether oxygens (including phenoxy) is 3. The lowest BCUT2D eigenvalue weighted by atomic mass is 10.2. The molecule has 0 bridgehead atoms. The van der Waals surface area contributed by atoms with Gasteiger partial charge in [-0.05, 0) is 24.3 Å². The van der Waals surface area contributed by atoms with E-state index in [4.69, 9.17) is 14.2 Å². The van der Waals surface area contributed by atoms with Gasteiger partial charge in [0.1, 0.15) is 34.6 Å². The van der Waals surface area contributed by atoms with Crippen molar-refractivity contribution in [2.75, 3.05) is 21.3 Å². The summed E-state index contributed by atoms with van der Waals surface area (Å²) in [6, 6.07) is 10.9. The Morgan fingerprint density at radius 3 is 2.54 bits per heavy atom. The zero-order valence-corrected chi connectivity index (χ0v) is 15.6. The summed E-state index contributed by atoms with van der Waals surface area (Å²) in [7, 11) is 4.74. The molecular weight excluding hydrogens is 360 g/mol. The van der Waals surface area contributed by atoms with Gasteiger partial charge in [0, 0.05) is 23.1 Å². The summed E-state index contributed by atoms with van der Waals surface area (Å²) in [5, 5.41) is 5.09. The smallest absolute Gasteiger partial charge is 0.298 e. The van der Waals surface area contributed by atoms with Crippen LogP contribution in [0.2, 0.25) is 0 Å². The average Bonchev–Trinajstić information content (AvgIpc) is 3.11. The highest BCUT2D eigenvalue weighted by Gasteiger charge is 2.11. The maximum Gasteiger partial charge on any atom is 0.298 e. The summed E-state index contributed by atoms with van der Waals surface area (Å²) >= 11 is 0. The van der Waals surface area contributed by atoms with Crippen LogP contribution in [0, 0.1) is 0 Å². The molecule has 8 nitrogen and oxygen atoms in total. The van der Waals surface area contributed by atoms with Gasteiger partial charge in [-0.1, -0.05) is 0 Å². The number of fused-ring (bicyclic) bond motifs is 3. The van der Waals surface area contributed by atoms with Crippen LogP contribution in [-0.2, 0) is 0 Å². The summed E-state index contributed by atoms with van der Waals surface area (Å²) in [5.74, 6) is 1.95. The Morgan fingerprint density at radius 1 is 1.04 bits per heavy atom. The topological polar surface area (TPSA) is 90.7 Å². The lowest BCUT2D eigenvalue weighted by Crippen LogP contribution is -2.17. The van der Waals surface area contributed by atoms with Crippen molar-refractivity contribution in [3.05, 3.63) is 58.6 Å². The molecule has 0 amide bonds. The van der Waals surface area contributed by atoms with Gasteiger partial charge in [0.15, 0.2) is 0 Å². The SMILES string of the molecule is COc1ccc(/C=N\n2cnc3c([nH]c4cc(OC)ccc43)c2=O)c(OC)c1. The van der Waals surface area contributed by atoms with E-state index in [2.05, 4.69) is 15.1 Å². The van der Waals surface area contributed by atoms with Crippen LogP contribution in [0.15, 0.2) is 52.6 Å². The molecule has 142 valence electrons. The van der Waals surface area contributed by atoms with E-state index in [0.717, 1.165) is 10.9 Å². The van der Waals surface area contributed by atoms with Gasteiger partial charge in [0.2, 0.25) is 0 Å². The maximum absolute atomic E-state index is 12.8. The minimum Gasteiger partial charge on any atom is -0.497 e. The van der Waals surface area contributed by atoms with E-state index in [1.807, 2.05) is 18.2 Å². The van der Waals surface area contributed by atoms with Crippen LogP contribution in [0.25, 0.3) is 21.9 Å².